The van der Waals surface area contributed by atoms with Crippen molar-refractivity contribution in [2.24, 2.45) is 0 Å². The fraction of sp³-hybridized carbons (Fsp3) is 0.263. The minimum Gasteiger partial charge on any atom is -0.366 e. The number of nitrogens with one attached hydrogen (secondary N) is 1. The molecule has 0 saturated heterocycles. The number of nitrogens with two attached hydrogens (primary N) is 1. The Kier molecular flexibility index (Phi) is 4.09. The van der Waals surface area contributed by atoms with Crippen LogP contribution in [0.4, 0.5) is 11.9 Å². The summed E-state index contributed by atoms with van der Waals surface area (Å²) in [5, 5.41) is 8.56. The number of halogens is 1. The summed E-state index contributed by atoms with van der Waals surface area (Å²) in [6.07, 6.45) is 1.86. The van der Waals surface area contributed by atoms with Crippen LogP contribution in [0.1, 0.15) is 42.1 Å². The van der Waals surface area contributed by atoms with E-state index in [0.29, 0.717) is 5.95 Å². The smallest absolute Gasteiger partial charge is 0.241 e. The van der Waals surface area contributed by atoms with E-state index in [2.05, 4.69) is 46.6 Å². The van der Waals surface area contributed by atoms with Gasteiger partial charge in [-0.25, -0.2) is 4.68 Å². The molecule has 0 bridgehead atoms. The van der Waals surface area contributed by atoms with Crippen molar-refractivity contribution < 1.29 is 0 Å². The fourth-order valence-corrected chi connectivity index (χ4v) is 3.66. The molecule has 25 heavy (non-hydrogen) atoms. The molecule has 0 spiro atoms. The third-order valence-electron chi connectivity index (χ3n) is 4.76. The average molecular weight is 354 g/mol. The highest BCUT2D eigenvalue weighted by Crippen LogP contribution is 2.40. The molecule has 0 radical (unpaired) electrons. The number of aryl methyl sites for hydroxylation is 1. The monoisotopic (exact) mass is 353 g/mol. The predicted octanol–water partition coefficient (Wildman–Crippen LogP) is 4.22. The van der Waals surface area contributed by atoms with Gasteiger partial charge in [-0.15, -0.1) is 5.10 Å². The van der Waals surface area contributed by atoms with E-state index < -0.39 is 0 Å². The van der Waals surface area contributed by atoms with Gasteiger partial charge in [0.1, 0.15) is 0 Å². The fourth-order valence-electron chi connectivity index (χ4n) is 3.40. The first-order valence-corrected chi connectivity index (χ1v) is 8.85. The Balaban J connectivity index is 1.74. The van der Waals surface area contributed by atoms with Gasteiger partial charge in [-0.1, -0.05) is 61.0 Å². The molecular weight excluding hydrogens is 334 g/mol. The molecule has 3 aromatic rings. The molecule has 6 heteroatoms. The topological polar surface area (TPSA) is 68.8 Å². The van der Waals surface area contributed by atoms with Gasteiger partial charge < -0.3 is 11.1 Å². The summed E-state index contributed by atoms with van der Waals surface area (Å²) in [4.78, 5) is 4.34. The zero-order valence-corrected chi connectivity index (χ0v) is 14.7. The van der Waals surface area contributed by atoms with Crippen LogP contribution < -0.4 is 11.1 Å². The molecule has 2 unspecified atom stereocenters. The summed E-state index contributed by atoms with van der Waals surface area (Å²) in [5.41, 5.74) is 9.43. The summed E-state index contributed by atoms with van der Waals surface area (Å²) < 4.78 is 1.84. The van der Waals surface area contributed by atoms with E-state index in [1.165, 1.54) is 11.1 Å². The lowest BCUT2D eigenvalue weighted by Gasteiger charge is -2.32. The standard InChI is InChI=1S/C19H20ClN5/c1-2-12-7-9-13(10-8-12)16-11-17(14-5-3-4-6-15(14)20)25-19(22-16)23-18(21)24-25/h3-10,16-17H,2,11H2,1H3,(H3,21,22,23,24). The first-order chi connectivity index (χ1) is 12.2. The van der Waals surface area contributed by atoms with Crippen molar-refractivity contribution in [3.63, 3.8) is 0 Å². The number of hydrogen-bond acceptors (Lipinski definition) is 4. The van der Waals surface area contributed by atoms with E-state index in [1.54, 1.807) is 0 Å². The van der Waals surface area contributed by atoms with E-state index in [9.17, 15) is 0 Å². The van der Waals surface area contributed by atoms with Crippen LogP contribution in [0.25, 0.3) is 0 Å². The van der Waals surface area contributed by atoms with Crippen LogP contribution in [0, 0.1) is 0 Å². The molecule has 2 atom stereocenters. The minimum atomic E-state index is -0.00870. The van der Waals surface area contributed by atoms with Gasteiger partial charge >= 0.3 is 0 Å². The summed E-state index contributed by atoms with van der Waals surface area (Å²) in [5.74, 6) is 0.944. The van der Waals surface area contributed by atoms with Crippen molar-refractivity contribution in [2.75, 3.05) is 11.1 Å². The number of benzene rings is 2. The van der Waals surface area contributed by atoms with Gasteiger partial charge in [0.25, 0.3) is 0 Å². The van der Waals surface area contributed by atoms with Crippen LogP contribution in [0.2, 0.25) is 5.02 Å². The van der Waals surface area contributed by atoms with E-state index >= 15 is 0 Å². The summed E-state index contributed by atoms with van der Waals surface area (Å²) in [6.45, 7) is 2.16. The molecule has 5 nitrogen and oxygen atoms in total. The maximum atomic E-state index is 6.45. The van der Waals surface area contributed by atoms with Crippen LogP contribution in [-0.4, -0.2) is 14.8 Å². The highest BCUT2D eigenvalue weighted by atomic mass is 35.5. The molecule has 1 aromatic heterocycles. The van der Waals surface area contributed by atoms with Gasteiger partial charge in [-0.2, -0.15) is 4.98 Å². The molecule has 0 aliphatic carbocycles. The van der Waals surface area contributed by atoms with Crippen LogP contribution >= 0.6 is 11.6 Å². The number of hydrogen-bond donors (Lipinski definition) is 2. The molecule has 3 N–H and O–H groups in total. The van der Waals surface area contributed by atoms with Gasteiger partial charge in [0.05, 0.1) is 12.1 Å². The lowest BCUT2D eigenvalue weighted by Crippen LogP contribution is -2.28. The molecule has 4 rings (SSSR count). The summed E-state index contributed by atoms with van der Waals surface area (Å²) >= 11 is 6.45. The van der Waals surface area contributed by atoms with Gasteiger partial charge in [-0.3, -0.25) is 0 Å². The van der Waals surface area contributed by atoms with Crippen molar-refractivity contribution in [1.82, 2.24) is 14.8 Å². The highest BCUT2D eigenvalue weighted by molar-refractivity contribution is 6.31. The third-order valence-corrected chi connectivity index (χ3v) is 5.10. The predicted molar refractivity (Wildman–Crippen MR) is 101 cm³/mol. The Morgan fingerprint density at radius 2 is 1.96 bits per heavy atom. The molecular formula is C19H20ClN5. The molecule has 128 valence electrons. The van der Waals surface area contributed by atoms with Crippen molar-refractivity contribution in [3.8, 4) is 0 Å². The average Bonchev–Trinajstić information content (AvgIpc) is 3.01. The first-order valence-electron chi connectivity index (χ1n) is 8.47. The lowest BCUT2D eigenvalue weighted by molar-refractivity contribution is 0.431. The van der Waals surface area contributed by atoms with Crippen molar-refractivity contribution in [1.29, 1.82) is 0 Å². The first kappa shape index (κ1) is 16.0. The van der Waals surface area contributed by atoms with E-state index in [0.717, 1.165) is 23.4 Å². The highest BCUT2D eigenvalue weighted by Gasteiger charge is 2.31. The third kappa shape index (κ3) is 2.96. The van der Waals surface area contributed by atoms with Gasteiger partial charge in [0.15, 0.2) is 0 Å². The number of nitrogen functional groups attached to an aromatic ring is 1. The summed E-state index contributed by atoms with van der Waals surface area (Å²) in [6, 6.07) is 16.7. The molecule has 1 aliphatic heterocycles. The molecule has 0 fully saturated rings. The Bertz CT molecular complexity index is 887. The maximum absolute atomic E-state index is 6.45. The molecule has 0 amide bonds. The zero-order chi connectivity index (χ0) is 17.4. The van der Waals surface area contributed by atoms with Gasteiger partial charge in [0, 0.05) is 5.02 Å². The van der Waals surface area contributed by atoms with E-state index in [-0.39, 0.29) is 18.0 Å². The second kappa shape index (κ2) is 6.41. The van der Waals surface area contributed by atoms with E-state index in [1.807, 2.05) is 28.9 Å². The van der Waals surface area contributed by atoms with Crippen molar-refractivity contribution in [2.45, 2.75) is 31.8 Å². The number of nitrogens with zero attached hydrogens (tertiary/aromatic N) is 3. The number of aromatic nitrogens is 3. The van der Waals surface area contributed by atoms with Gasteiger partial charge in [-0.05, 0) is 35.6 Å². The molecule has 2 heterocycles. The van der Waals surface area contributed by atoms with Crippen LogP contribution in [0.15, 0.2) is 48.5 Å². The van der Waals surface area contributed by atoms with Crippen molar-refractivity contribution in [3.05, 3.63) is 70.2 Å². The largest absolute Gasteiger partial charge is 0.366 e. The van der Waals surface area contributed by atoms with Crippen molar-refractivity contribution >= 4 is 23.5 Å². The zero-order valence-electron chi connectivity index (χ0n) is 14.0. The van der Waals surface area contributed by atoms with Gasteiger partial charge in [0.2, 0.25) is 11.9 Å². The number of rotatable bonds is 3. The molecule has 1 aliphatic rings. The minimum absolute atomic E-state index is 0.00870. The Morgan fingerprint density at radius 3 is 2.68 bits per heavy atom. The normalized spacial score (nSPS) is 19.3. The van der Waals surface area contributed by atoms with Crippen LogP contribution in [0.3, 0.4) is 0 Å². The quantitative estimate of drug-likeness (QED) is 0.739. The molecule has 0 saturated carbocycles. The Labute approximate surface area is 151 Å². The second-order valence-electron chi connectivity index (χ2n) is 6.30. The number of fused-ring (bicyclic) bond motifs is 1. The Hall–Kier alpha value is -2.53. The number of anilines is 2. The Morgan fingerprint density at radius 1 is 1.20 bits per heavy atom. The maximum Gasteiger partial charge on any atom is 0.241 e. The lowest BCUT2D eigenvalue weighted by atomic mass is 9.93. The van der Waals surface area contributed by atoms with Crippen LogP contribution in [-0.2, 0) is 6.42 Å². The van der Waals surface area contributed by atoms with Crippen LogP contribution in [0.5, 0.6) is 0 Å². The van der Waals surface area contributed by atoms with E-state index in [4.69, 9.17) is 17.3 Å². The molecule has 2 aromatic carbocycles. The summed E-state index contributed by atoms with van der Waals surface area (Å²) in [7, 11) is 0. The SMILES string of the molecule is CCc1ccc(C2CC(c3ccccc3Cl)n3nc(N)nc3N2)cc1. The second-order valence-corrected chi connectivity index (χ2v) is 6.71.